The number of urea groups is 1. The quantitative estimate of drug-likeness (QED) is 0.866. The molecule has 2 rings (SSSR count). The molecule has 1 aliphatic heterocycles. The number of piperidine rings is 1. The second kappa shape index (κ2) is 9.30. The third kappa shape index (κ3) is 4.98. The Labute approximate surface area is 145 Å². The molecule has 24 heavy (non-hydrogen) atoms. The van der Waals surface area contributed by atoms with Crippen LogP contribution in [0.1, 0.15) is 39.5 Å². The fraction of sp³-hybridized carbons (Fsp3) is 0.579. The molecule has 5 heteroatoms. The number of carbonyl (C=O) groups excluding carboxylic acids is 2. The number of benzene rings is 1. The molecule has 1 saturated heterocycles. The Morgan fingerprint density at radius 3 is 2.21 bits per heavy atom. The van der Waals surface area contributed by atoms with Crippen LogP contribution in [0.3, 0.4) is 0 Å². The van der Waals surface area contributed by atoms with E-state index in [0.717, 1.165) is 44.5 Å². The lowest BCUT2D eigenvalue weighted by Crippen LogP contribution is -2.46. The van der Waals surface area contributed by atoms with Crippen molar-refractivity contribution in [2.75, 3.05) is 31.5 Å². The van der Waals surface area contributed by atoms with Crippen molar-refractivity contribution in [3.8, 4) is 0 Å². The molecule has 1 heterocycles. The smallest absolute Gasteiger partial charge is 0.321 e. The average molecular weight is 331 g/mol. The van der Waals surface area contributed by atoms with E-state index in [1.165, 1.54) is 0 Å². The molecule has 1 aromatic rings. The van der Waals surface area contributed by atoms with Crippen LogP contribution in [0, 0.1) is 5.92 Å². The van der Waals surface area contributed by atoms with Crippen LogP contribution in [-0.4, -0.2) is 47.9 Å². The van der Waals surface area contributed by atoms with Gasteiger partial charge in [0, 0.05) is 37.8 Å². The van der Waals surface area contributed by atoms with Gasteiger partial charge in [-0.1, -0.05) is 32.0 Å². The van der Waals surface area contributed by atoms with Crippen LogP contribution >= 0.6 is 0 Å². The van der Waals surface area contributed by atoms with E-state index in [1.807, 2.05) is 35.2 Å². The van der Waals surface area contributed by atoms with Gasteiger partial charge in [0.25, 0.3) is 0 Å². The number of para-hydroxylation sites is 1. The van der Waals surface area contributed by atoms with Crippen molar-refractivity contribution in [1.29, 1.82) is 0 Å². The third-order valence-electron chi connectivity index (χ3n) is 4.46. The maximum absolute atomic E-state index is 12.7. The molecule has 0 spiro atoms. The zero-order valence-electron chi connectivity index (χ0n) is 14.8. The zero-order valence-corrected chi connectivity index (χ0v) is 14.8. The van der Waals surface area contributed by atoms with Crippen LogP contribution in [0.15, 0.2) is 30.3 Å². The second-order valence-corrected chi connectivity index (χ2v) is 6.38. The normalized spacial score (nSPS) is 15.2. The van der Waals surface area contributed by atoms with Gasteiger partial charge in [-0.2, -0.15) is 0 Å². The topological polar surface area (TPSA) is 52.7 Å². The molecule has 3 amide bonds. The number of amides is 3. The van der Waals surface area contributed by atoms with Crippen molar-refractivity contribution in [1.82, 2.24) is 9.80 Å². The highest BCUT2D eigenvalue weighted by atomic mass is 16.2. The van der Waals surface area contributed by atoms with Crippen molar-refractivity contribution in [2.45, 2.75) is 39.5 Å². The minimum Gasteiger partial charge on any atom is -0.342 e. The maximum atomic E-state index is 12.7. The monoisotopic (exact) mass is 331 g/mol. The molecule has 0 radical (unpaired) electrons. The summed E-state index contributed by atoms with van der Waals surface area (Å²) in [6.45, 7) is 7.16. The number of rotatable bonds is 6. The summed E-state index contributed by atoms with van der Waals surface area (Å²) in [6, 6.07) is 9.40. The first-order valence-corrected chi connectivity index (χ1v) is 9.05. The number of hydrogen-bond donors (Lipinski definition) is 1. The van der Waals surface area contributed by atoms with E-state index in [2.05, 4.69) is 19.2 Å². The van der Waals surface area contributed by atoms with Crippen LogP contribution in [-0.2, 0) is 4.79 Å². The number of anilines is 1. The van der Waals surface area contributed by atoms with Crippen LogP contribution < -0.4 is 5.32 Å². The predicted octanol–water partition coefficient (Wildman–Crippen LogP) is 3.58. The molecular weight excluding hydrogens is 302 g/mol. The van der Waals surface area contributed by atoms with E-state index in [1.54, 1.807) is 4.90 Å². The zero-order chi connectivity index (χ0) is 17.4. The maximum Gasteiger partial charge on any atom is 0.321 e. The van der Waals surface area contributed by atoms with Gasteiger partial charge in [-0.15, -0.1) is 0 Å². The summed E-state index contributed by atoms with van der Waals surface area (Å²) in [6.07, 6.45) is 3.49. The van der Waals surface area contributed by atoms with Gasteiger partial charge in [0.1, 0.15) is 0 Å². The van der Waals surface area contributed by atoms with Crippen LogP contribution in [0.25, 0.3) is 0 Å². The summed E-state index contributed by atoms with van der Waals surface area (Å²) in [5.74, 6) is 0.325. The van der Waals surface area contributed by atoms with E-state index < -0.39 is 0 Å². The van der Waals surface area contributed by atoms with Gasteiger partial charge in [0.15, 0.2) is 0 Å². The molecule has 0 bridgehead atoms. The minimum absolute atomic E-state index is 0.0591. The van der Waals surface area contributed by atoms with Crippen molar-refractivity contribution in [2.24, 2.45) is 5.92 Å². The molecular formula is C19H29N3O2. The highest BCUT2D eigenvalue weighted by Crippen LogP contribution is 2.21. The van der Waals surface area contributed by atoms with Crippen molar-refractivity contribution in [3.05, 3.63) is 30.3 Å². The predicted molar refractivity (Wildman–Crippen MR) is 96.9 cm³/mol. The van der Waals surface area contributed by atoms with E-state index in [9.17, 15) is 9.59 Å². The number of likely N-dealkylation sites (tertiary alicyclic amines) is 1. The molecule has 0 atom stereocenters. The number of hydrogen-bond acceptors (Lipinski definition) is 2. The van der Waals surface area contributed by atoms with Gasteiger partial charge >= 0.3 is 6.03 Å². The highest BCUT2D eigenvalue weighted by Gasteiger charge is 2.29. The van der Waals surface area contributed by atoms with E-state index >= 15 is 0 Å². The summed E-state index contributed by atoms with van der Waals surface area (Å²) < 4.78 is 0. The van der Waals surface area contributed by atoms with Gasteiger partial charge in [-0.05, 0) is 37.8 Å². The SMILES string of the molecule is CCCN(CCC)C(=O)C1CCN(C(=O)Nc2ccccc2)CC1. The summed E-state index contributed by atoms with van der Waals surface area (Å²) in [5.41, 5.74) is 0.803. The lowest BCUT2D eigenvalue weighted by Gasteiger charge is -2.34. The first kappa shape index (κ1) is 18.3. The number of carbonyl (C=O) groups is 2. The van der Waals surface area contributed by atoms with Gasteiger partial charge in [-0.25, -0.2) is 4.79 Å². The molecule has 1 aliphatic rings. The van der Waals surface area contributed by atoms with E-state index in [-0.39, 0.29) is 17.9 Å². The number of nitrogens with zero attached hydrogens (tertiary/aromatic N) is 2. The first-order chi connectivity index (χ1) is 11.7. The summed E-state index contributed by atoms with van der Waals surface area (Å²) >= 11 is 0. The molecule has 1 fully saturated rings. The Bertz CT molecular complexity index is 519. The van der Waals surface area contributed by atoms with Crippen molar-refractivity contribution < 1.29 is 9.59 Å². The lowest BCUT2D eigenvalue weighted by atomic mass is 9.95. The molecule has 0 aliphatic carbocycles. The van der Waals surface area contributed by atoms with Gasteiger partial charge in [-0.3, -0.25) is 4.79 Å². The fourth-order valence-electron chi connectivity index (χ4n) is 3.18. The largest absolute Gasteiger partial charge is 0.342 e. The fourth-order valence-corrected chi connectivity index (χ4v) is 3.18. The van der Waals surface area contributed by atoms with Crippen LogP contribution in [0.2, 0.25) is 0 Å². The molecule has 132 valence electrons. The van der Waals surface area contributed by atoms with Crippen LogP contribution in [0.5, 0.6) is 0 Å². The van der Waals surface area contributed by atoms with Gasteiger partial charge in [0.2, 0.25) is 5.91 Å². The number of nitrogens with one attached hydrogen (secondary N) is 1. The highest BCUT2D eigenvalue weighted by molar-refractivity contribution is 5.89. The van der Waals surface area contributed by atoms with Gasteiger partial charge < -0.3 is 15.1 Å². The second-order valence-electron chi connectivity index (χ2n) is 6.38. The Morgan fingerprint density at radius 2 is 1.67 bits per heavy atom. The Balaban J connectivity index is 1.84. The summed E-state index contributed by atoms with van der Waals surface area (Å²) in [7, 11) is 0. The third-order valence-corrected chi connectivity index (χ3v) is 4.46. The molecule has 0 unspecified atom stereocenters. The Kier molecular flexibility index (Phi) is 7.09. The summed E-state index contributed by atoms with van der Waals surface area (Å²) in [5, 5.41) is 2.91. The lowest BCUT2D eigenvalue weighted by molar-refractivity contribution is -0.137. The molecule has 5 nitrogen and oxygen atoms in total. The Hall–Kier alpha value is -2.04. The summed E-state index contributed by atoms with van der Waals surface area (Å²) in [4.78, 5) is 28.8. The molecule has 0 aromatic heterocycles. The van der Waals surface area contributed by atoms with Crippen LogP contribution in [0.4, 0.5) is 10.5 Å². The minimum atomic E-state index is -0.0777. The molecule has 1 N–H and O–H groups in total. The van der Waals surface area contributed by atoms with E-state index in [4.69, 9.17) is 0 Å². The van der Waals surface area contributed by atoms with E-state index in [0.29, 0.717) is 13.1 Å². The van der Waals surface area contributed by atoms with Gasteiger partial charge in [0.05, 0.1) is 0 Å². The van der Waals surface area contributed by atoms with Crippen molar-refractivity contribution in [3.63, 3.8) is 0 Å². The molecule has 0 saturated carbocycles. The first-order valence-electron chi connectivity index (χ1n) is 9.05. The standard InChI is InChI=1S/C19H29N3O2/c1-3-12-21(13-4-2)18(23)16-10-14-22(15-11-16)19(24)20-17-8-6-5-7-9-17/h5-9,16H,3-4,10-15H2,1-2H3,(H,20,24). The Morgan fingerprint density at radius 1 is 1.08 bits per heavy atom. The molecule has 1 aromatic carbocycles. The van der Waals surface area contributed by atoms with Crippen molar-refractivity contribution >= 4 is 17.6 Å². The average Bonchev–Trinajstić information content (AvgIpc) is 2.62.